The van der Waals surface area contributed by atoms with Gasteiger partial charge in [-0.15, -0.1) is 0 Å². The molecule has 2 fully saturated rings. The quantitative estimate of drug-likeness (QED) is 0.905. The summed E-state index contributed by atoms with van der Waals surface area (Å²) < 4.78 is 5.56. The zero-order valence-electron chi connectivity index (χ0n) is 12.6. The normalized spacial score (nSPS) is 28.6. The number of aliphatic hydroxyl groups excluding tert-OH is 1. The summed E-state index contributed by atoms with van der Waals surface area (Å²) in [6.45, 7) is 3.87. The molecule has 0 saturated carbocycles. The standard InChI is InChI=1S/C16H20ClN3O2/c1-10-11(7-18)16(19-8-13(10)17)20-5-2-3-14(20)12-9-22-6-4-15(12)21/h8,12,14-15,21H,2-6,9H2,1H3/t12-,14-,15+/m1/s1. The Bertz CT molecular complexity index is 602. The van der Waals surface area contributed by atoms with Crippen LogP contribution in [0.15, 0.2) is 6.20 Å². The first kappa shape index (κ1) is 15.5. The molecule has 3 atom stereocenters. The first-order valence-electron chi connectivity index (χ1n) is 7.71. The molecule has 0 aliphatic carbocycles. The van der Waals surface area contributed by atoms with Crippen LogP contribution in [0.1, 0.15) is 30.4 Å². The van der Waals surface area contributed by atoms with E-state index in [2.05, 4.69) is 16.0 Å². The summed E-state index contributed by atoms with van der Waals surface area (Å²) >= 11 is 6.09. The van der Waals surface area contributed by atoms with Gasteiger partial charge in [0.15, 0.2) is 0 Å². The van der Waals surface area contributed by atoms with Gasteiger partial charge in [-0.05, 0) is 31.7 Å². The van der Waals surface area contributed by atoms with Crippen molar-refractivity contribution in [3.8, 4) is 6.07 Å². The van der Waals surface area contributed by atoms with Gasteiger partial charge in [0.05, 0.1) is 23.3 Å². The minimum atomic E-state index is -0.349. The fourth-order valence-electron chi connectivity index (χ4n) is 3.53. The smallest absolute Gasteiger partial charge is 0.147 e. The van der Waals surface area contributed by atoms with E-state index in [1.54, 1.807) is 6.20 Å². The van der Waals surface area contributed by atoms with E-state index < -0.39 is 0 Å². The predicted octanol–water partition coefficient (Wildman–Crippen LogP) is 2.28. The first-order chi connectivity index (χ1) is 10.6. The van der Waals surface area contributed by atoms with Crippen LogP contribution in [-0.4, -0.2) is 42.0 Å². The molecule has 0 radical (unpaired) electrons. The van der Waals surface area contributed by atoms with Crippen LogP contribution in [-0.2, 0) is 4.74 Å². The van der Waals surface area contributed by atoms with Gasteiger partial charge in [0.25, 0.3) is 0 Å². The minimum absolute atomic E-state index is 0.0700. The second-order valence-electron chi connectivity index (χ2n) is 6.04. The number of hydrogen-bond donors (Lipinski definition) is 1. The van der Waals surface area contributed by atoms with Crippen LogP contribution in [0, 0.1) is 24.2 Å². The average Bonchev–Trinajstić information content (AvgIpc) is 2.99. The molecule has 3 heterocycles. The van der Waals surface area contributed by atoms with Crippen LogP contribution in [0.3, 0.4) is 0 Å². The number of nitriles is 1. The van der Waals surface area contributed by atoms with Gasteiger partial charge >= 0.3 is 0 Å². The number of aliphatic hydroxyl groups is 1. The van der Waals surface area contributed by atoms with Crippen molar-refractivity contribution in [1.82, 2.24) is 4.98 Å². The first-order valence-corrected chi connectivity index (χ1v) is 8.09. The highest BCUT2D eigenvalue weighted by molar-refractivity contribution is 6.31. The van der Waals surface area contributed by atoms with Crippen molar-refractivity contribution in [2.75, 3.05) is 24.7 Å². The Morgan fingerprint density at radius 3 is 3.05 bits per heavy atom. The van der Waals surface area contributed by atoms with E-state index in [0.717, 1.165) is 24.9 Å². The van der Waals surface area contributed by atoms with Gasteiger partial charge in [0, 0.05) is 31.3 Å². The Labute approximate surface area is 135 Å². The number of halogens is 1. The minimum Gasteiger partial charge on any atom is -0.393 e. The summed E-state index contributed by atoms with van der Waals surface area (Å²) in [6.07, 6.45) is 3.95. The summed E-state index contributed by atoms with van der Waals surface area (Å²) in [5, 5.41) is 20.3. The maximum Gasteiger partial charge on any atom is 0.147 e. The Balaban J connectivity index is 1.94. The zero-order valence-corrected chi connectivity index (χ0v) is 13.4. The molecule has 1 aromatic heterocycles. The van der Waals surface area contributed by atoms with Crippen molar-refractivity contribution < 1.29 is 9.84 Å². The molecule has 22 heavy (non-hydrogen) atoms. The molecule has 6 heteroatoms. The molecule has 0 bridgehead atoms. The lowest BCUT2D eigenvalue weighted by Crippen LogP contribution is -2.46. The zero-order chi connectivity index (χ0) is 15.7. The number of pyridine rings is 1. The Morgan fingerprint density at radius 1 is 1.50 bits per heavy atom. The Morgan fingerprint density at radius 2 is 2.32 bits per heavy atom. The van der Waals surface area contributed by atoms with Crippen LogP contribution in [0.4, 0.5) is 5.82 Å². The van der Waals surface area contributed by atoms with Crippen molar-refractivity contribution >= 4 is 17.4 Å². The molecule has 2 aliphatic rings. The second-order valence-corrected chi connectivity index (χ2v) is 6.45. The highest BCUT2D eigenvalue weighted by Gasteiger charge is 2.39. The highest BCUT2D eigenvalue weighted by atomic mass is 35.5. The number of aromatic nitrogens is 1. The van der Waals surface area contributed by atoms with Gasteiger partial charge in [-0.25, -0.2) is 4.98 Å². The summed E-state index contributed by atoms with van der Waals surface area (Å²) in [7, 11) is 0. The van der Waals surface area contributed by atoms with Crippen molar-refractivity contribution in [2.45, 2.75) is 38.3 Å². The van der Waals surface area contributed by atoms with E-state index in [1.165, 1.54) is 0 Å². The topological polar surface area (TPSA) is 69.4 Å². The lowest BCUT2D eigenvalue weighted by Gasteiger charge is -2.37. The lowest BCUT2D eigenvalue weighted by atomic mass is 9.89. The summed E-state index contributed by atoms with van der Waals surface area (Å²) in [6, 6.07) is 2.40. The summed E-state index contributed by atoms with van der Waals surface area (Å²) in [4.78, 5) is 6.57. The lowest BCUT2D eigenvalue weighted by molar-refractivity contribution is -0.0438. The van der Waals surface area contributed by atoms with Gasteiger partial charge in [-0.1, -0.05) is 11.6 Å². The molecule has 0 unspecified atom stereocenters. The monoisotopic (exact) mass is 321 g/mol. The molecule has 3 rings (SSSR count). The third kappa shape index (κ3) is 2.67. The fraction of sp³-hybridized carbons (Fsp3) is 0.625. The van der Waals surface area contributed by atoms with E-state index in [4.69, 9.17) is 16.3 Å². The van der Waals surface area contributed by atoms with Gasteiger partial charge in [0.1, 0.15) is 11.9 Å². The van der Waals surface area contributed by atoms with E-state index in [1.807, 2.05) is 6.92 Å². The van der Waals surface area contributed by atoms with E-state index in [9.17, 15) is 10.4 Å². The SMILES string of the molecule is Cc1c(Cl)cnc(N2CCC[C@@H]2[C@H]2COCC[C@@H]2O)c1C#N. The van der Waals surface area contributed by atoms with E-state index >= 15 is 0 Å². The molecule has 118 valence electrons. The number of ether oxygens (including phenoxy) is 1. The number of hydrogen-bond acceptors (Lipinski definition) is 5. The Kier molecular flexibility index (Phi) is 4.53. The van der Waals surface area contributed by atoms with Gasteiger partial charge < -0.3 is 14.7 Å². The summed E-state index contributed by atoms with van der Waals surface area (Å²) in [5.74, 6) is 0.755. The third-order valence-corrected chi connectivity index (χ3v) is 5.18. The largest absolute Gasteiger partial charge is 0.393 e. The van der Waals surface area contributed by atoms with E-state index in [-0.39, 0.29) is 18.1 Å². The maximum absolute atomic E-state index is 10.3. The molecular formula is C16H20ClN3O2. The molecule has 0 amide bonds. The van der Waals surface area contributed by atoms with Crippen LogP contribution >= 0.6 is 11.6 Å². The highest BCUT2D eigenvalue weighted by Crippen LogP contribution is 2.35. The van der Waals surface area contributed by atoms with Gasteiger partial charge in [-0.3, -0.25) is 0 Å². The molecule has 1 aromatic rings. The molecule has 0 aromatic carbocycles. The van der Waals surface area contributed by atoms with Gasteiger partial charge in [-0.2, -0.15) is 5.26 Å². The van der Waals surface area contributed by atoms with Crippen molar-refractivity contribution in [3.05, 3.63) is 22.3 Å². The molecule has 2 aliphatic heterocycles. The number of rotatable bonds is 2. The number of anilines is 1. The average molecular weight is 322 g/mol. The molecule has 1 N–H and O–H groups in total. The third-order valence-electron chi connectivity index (χ3n) is 4.80. The molecular weight excluding hydrogens is 302 g/mol. The van der Waals surface area contributed by atoms with Crippen molar-refractivity contribution in [2.24, 2.45) is 5.92 Å². The van der Waals surface area contributed by atoms with Crippen LogP contribution < -0.4 is 4.90 Å². The second kappa shape index (κ2) is 6.41. The number of nitrogens with zero attached hydrogens (tertiary/aromatic N) is 3. The predicted molar refractivity (Wildman–Crippen MR) is 84.0 cm³/mol. The van der Waals surface area contributed by atoms with Crippen molar-refractivity contribution in [1.29, 1.82) is 5.26 Å². The molecule has 0 spiro atoms. The summed E-state index contributed by atoms with van der Waals surface area (Å²) in [5.41, 5.74) is 1.30. The Hall–Kier alpha value is -1.35. The maximum atomic E-state index is 10.3. The van der Waals surface area contributed by atoms with Crippen molar-refractivity contribution in [3.63, 3.8) is 0 Å². The van der Waals surface area contributed by atoms with Gasteiger partial charge in [0.2, 0.25) is 0 Å². The van der Waals surface area contributed by atoms with Crippen LogP contribution in [0.2, 0.25) is 5.02 Å². The van der Waals surface area contributed by atoms with E-state index in [0.29, 0.717) is 36.0 Å². The van der Waals surface area contributed by atoms with Crippen LogP contribution in [0.25, 0.3) is 0 Å². The fourth-order valence-corrected chi connectivity index (χ4v) is 3.68. The molecule has 5 nitrogen and oxygen atoms in total. The molecule has 2 saturated heterocycles. The van der Waals surface area contributed by atoms with Crippen LogP contribution in [0.5, 0.6) is 0 Å².